The Labute approximate surface area is 108 Å². The van der Waals surface area contributed by atoms with E-state index in [1.165, 1.54) is 0 Å². The number of hydrogen-bond donors (Lipinski definition) is 1. The van der Waals surface area contributed by atoms with E-state index in [4.69, 9.17) is 11.6 Å². The molecule has 18 heavy (non-hydrogen) atoms. The molecule has 1 N–H and O–H groups in total. The predicted octanol–water partition coefficient (Wildman–Crippen LogP) is 1.10. The molecule has 0 fully saturated rings. The first kappa shape index (κ1) is 14.4. The van der Waals surface area contributed by atoms with Crippen LogP contribution in [0.15, 0.2) is 15.8 Å². The Morgan fingerprint density at radius 1 is 1.50 bits per heavy atom. The molecule has 0 bridgehead atoms. The van der Waals surface area contributed by atoms with E-state index >= 15 is 0 Å². The Bertz CT molecular complexity index is 537. The maximum atomic E-state index is 11.4. The van der Waals surface area contributed by atoms with Crippen LogP contribution in [0.3, 0.4) is 0 Å². The van der Waals surface area contributed by atoms with Gasteiger partial charge in [-0.15, -0.1) is 11.6 Å². The van der Waals surface area contributed by atoms with Crippen molar-refractivity contribution in [3.63, 3.8) is 0 Å². The lowest BCUT2D eigenvalue weighted by molar-refractivity contribution is -0.386. The zero-order valence-corrected chi connectivity index (χ0v) is 10.6. The van der Waals surface area contributed by atoms with Crippen LogP contribution in [-0.4, -0.2) is 20.4 Å². The molecule has 0 aliphatic rings. The van der Waals surface area contributed by atoms with Crippen molar-refractivity contribution >= 4 is 17.3 Å². The van der Waals surface area contributed by atoms with E-state index in [1.807, 2.05) is 11.9 Å². The van der Waals surface area contributed by atoms with Crippen LogP contribution in [0.1, 0.15) is 19.8 Å². The lowest BCUT2D eigenvalue weighted by Gasteiger charge is -2.10. The van der Waals surface area contributed by atoms with Gasteiger partial charge in [-0.2, -0.15) is 0 Å². The summed E-state index contributed by atoms with van der Waals surface area (Å²) in [6.07, 6.45) is 2.45. The van der Waals surface area contributed by atoms with Gasteiger partial charge >= 0.3 is 16.9 Å². The SMILES string of the molecule is CC(CCCl)CCn1cc([N+](=O)[O-])c(=O)[nH]c1=O. The van der Waals surface area contributed by atoms with Crippen molar-refractivity contribution in [2.24, 2.45) is 5.92 Å². The minimum Gasteiger partial charge on any atom is -0.294 e. The largest absolute Gasteiger partial charge is 0.350 e. The number of nitro groups is 1. The molecule has 1 rings (SSSR count). The van der Waals surface area contributed by atoms with Crippen molar-refractivity contribution in [1.82, 2.24) is 9.55 Å². The van der Waals surface area contributed by atoms with Crippen LogP contribution in [0.5, 0.6) is 0 Å². The molecule has 1 heterocycles. The molecule has 7 nitrogen and oxygen atoms in total. The Kier molecular flexibility index (Phi) is 5.08. The fraction of sp³-hybridized carbons (Fsp3) is 0.600. The van der Waals surface area contributed by atoms with E-state index in [9.17, 15) is 19.7 Å². The maximum Gasteiger partial charge on any atom is 0.350 e. The highest BCUT2D eigenvalue weighted by Gasteiger charge is 2.15. The van der Waals surface area contributed by atoms with Crippen LogP contribution in [0.25, 0.3) is 0 Å². The van der Waals surface area contributed by atoms with Crippen molar-refractivity contribution in [2.45, 2.75) is 26.3 Å². The molecule has 0 aliphatic carbocycles. The highest BCUT2D eigenvalue weighted by Crippen LogP contribution is 2.09. The molecular weight excluding hydrogens is 262 g/mol. The highest BCUT2D eigenvalue weighted by molar-refractivity contribution is 6.17. The minimum absolute atomic E-state index is 0.306. The van der Waals surface area contributed by atoms with Crippen LogP contribution in [0.2, 0.25) is 0 Å². The summed E-state index contributed by atoms with van der Waals surface area (Å²) in [4.78, 5) is 34.3. The Hall–Kier alpha value is -1.63. The Balaban J connectivity index is 2.89. The zero-order valence-electron chi connectivity index (χ0n) is 9.89. The standard InChI is InChI=1S/C10H14ClN3O4/c1-7(2-4-11)3-5-13-6-8(14(17)18)9(15)12-10(13)16/h6-7H,2-5H2,1H3,(H,12,15,16). The maximum absolute atomic E-state index is 11.4. The van der Waals surface area contributed by atoms with Gasteiger partial charge in [-0.1, -0.05) is 6.92 Å². The third kappa shape index (κ3) is 3.69. The molecule has 1 unspecified atom stereocenters. The molecule has 1 aromatic rings. The summed E-state index contributed by atoms with van der Waals surface area (Å²) in [5.41, 5.74) is -2.24. The summed E-state index contributed by atoms with van der Waals surface area (Å²) in [5, 5.41) is 10.6. The van der Waals surface area contributed by atoms with Gasteiger partial charge in [0.05, 0.1) is 11.1 Å². The Morgan fingerprint density at radius 2 is 2.17 bits per heavy atom. The molecule has 1 atom stereocenters. The first-order chi connectivity index (χ1) is 8.45. The molecule has 0 aromatic carbocycles. The van der Waals surface area contributed by atoms with Crippen LogP contribution in [0, 0.1) is 16.0 Å². The second kappa shape index (κ2) is 6.34. The molecular formula is C10H14ClN3O4. The predicted molar refractivity (Wildman–Crippen MR) is 67.1 cm³/mol. The van der Waals surface area contributed by atoms with Crippen LogP contribution >= 0.6 is 11.6 Å². The minimum atomic E-state index is -0.977. The summed E-state index contributed by atoms with van der Waals surface area (Å²) in [6, 6.07) is 0. The van der Waals surface area contributed by atoms with Crippen molar-refractivity contribution in [3.05, 3.63) is 37.1 Å². The number of nitrogens with one attached hydrogen (secondary N) is 1. The number of nitrogens with zero attached hydrogens (tertiary/aromatic N) is 2. The fourth-order valence-electron chi connectivity index (χ4n) is 1.48. The van der Waals surface area contributed by atoms with Gasteiger partial charge in [-0.05, 0) is 18.8 Å². The monoisotopic (exact) mass is 275 g/mol. The van der Waals surface area contributed by atoms with Crippen LogP contribution < -0.4 is 11.2 Å². The average Bonchev–Trinajstić information content (AvgIpc) is 2.27. The van der Waals surface area contributed by atoms with Crippen LogP contribution in [-0.2, 0) is 6.54 Å². The van der Waals surface area contributed by atoms with Crippen molar-refractivity contribution in [2.75, 3.05) is 5.88 Å². The molecule has 0 saturated carbocycles. The van der Waals surface area contributed by atoms with Gasteiger partial charge in [-0.25, -0.2) is 4.79 Å². The molecule has 0 amide bonds. The smallest absolute Gasteiger partial charge is 0.294 e. The number of H-pyrrole nitrogens is 1. The van der Waals surface area contributed by atoms with Crippen LogP contribution in [0.4, 0.5) is 5.69 Å². The van der Waals surface area contributed by atoms with E-state index in [0.717, 1.165) is 17.2 Å². The second-order valence-electron chi connectivity index (χ2n) is 4.10. The van der Waals surface area contributed by atoms with Gasteiger partial charge in [0.2, 0.25) is 0 Å². The number of alkyl halides is 1. The number of hydrogen-bond acceptors (Lipinski definition) is 4. The third-order valence-corrected chi connectivity index (χ3v) is 2.87. The molecule has 100 valence electrons. The first-order valence-corrected chi connectivity index (χ1v) is 6.03. The lowest BCUT2D eigenvalue weighted by atomic mass is 10.1. The van der Waals surface area contributed by atoms with Gasteiger partial charge in [0.25, 0.3) is 0 Å². The quantitative estimate of drug-likeness (QED) is 0.477. The van der Waals surface area contributed by atoms with Gasteiger partial charge in [-0.3, -0.25) is 24.5 Å². The van der Waals surface area contributed by atoms with E-state index in [1.54, 1.807) is 0 Å². The summed E-state index contributed by atoms with van der Waals surface area (Å²) in [5.74, 6) is 0.836. The first-order valence-electron chi connectivity index (χ1n) is 5.49. The van der Waals surface area contributed by atoms with Crippen molar-refractivity contribution < 1.29 is 4.92 Å². The molecule has 0 spiro atoms. The number of halogens is 1. The molecule has 8 heteroatoms. The molecule has 0 radical (unpaired) electrons. The number of aryl methyl sites for hydroxylation is 1. The van der Waals surface area contributed by atoms with Crippen molar-refractivity contribution in [3.8, 4) is 0 Å². The summed E-state index contributed by atoms with van der Waals surface area (Å²) in [7, 11) is 0. The van der Waals surface area contributed by atoms with Gasteiger partial charge < -0.3 is 0 Å². The number of aromatic nitrogens is 2. The third-order valence-electron chi connectivity index (χ3n) is 2.65. The summed E-state index contributed by atoms with van der Waals surface area (Å²) < 4.78 is 1.14. The Morgan fingerprint density at radius 3 is 2.72 bits per heavy atom. The normalized spacial score (nSPS) is 12.3. The van der Waals surface area contributed by atoms with E-state index in [2.05, 4.69) is 0 Å². The van der Waals surface area contributed by atoms with E-state index in [0.29, 0.717) is 24.8 Å². The van der Waals surface area contributed by atoms with Gasteiger partial charge in [0.15, 0.2) is 0 Å². The average molecular weight is 276 g/mol. The number of aromatic amines is 1. The lowest BCUT2D eigenvalue weighted by Crippen LogP contribution is -2.31. The summed E-state index contributed by atoms with van der Waals surface area (Å²) in [6.45, 7) is 2.29. The summed E-state index contributed by atoms with van der Waals surface area (Å²) >= 11 is 5.59. The molecule has 0 saturated heterocycles. The fourth-order valence-corrected chi connectivity index (χ4v) is 1.86. The van der Waals surface area contributed by atoms with E-state index < -0.39 is 21.9 Å². The molecule has 0 aliphatic heterocycles. The van der Waals surface area contributed by atoms with Gasteiger partial charge in [0, 0.05) is 12.4 Å². The second-order valence-corrected chi connectivity index (χ2v) is 4.47. The van der Waals surface area contributed by atoms with Gasteiger partial charge in [0.1, 0.15) is 0 Å². The zero-order chi connectivity index (χ0) is 13.7. The topological polar surface area (TPSA) is 98.0 Å². The highest BCUT2D eigenvalue weighted by atomic mass is 35.5. The number of rotatable bonds is 6. The van der Waals surface area contributed by atoms with E-state index in [-0.39, 0.29) is 0 Å². The van der Waals surface area contributed by atoms with Crippen molar-refractivity contribution in [1.29, 1.82) is 0 Å². The molecule has 1 aromatic heterocycles.